The van der Waals surface area contributed by atoms with Crippen LogP contribution in [-0.2, 0) is 0 Å². The van der Waals surface area contributed by atoms with Gasteiger partial charge in [-0.25, -0.2) is 4.98 Å². The molecule has 0 unspecified atom stereocenters. The fourth-order valence-electron chi connectivity index (χ4n) is 3.10. The van der Waals surface area contributed by atoms with Crippen molar-refractivity contribution in [1.82, 2.24) is 4.98 Å². The molecule has 0 fully saturated rings. The first-order valence-electron chi connectivity index (χ1n) is 8.74. The van der Waals surface area contributed by atoms with Crippen LogP contribution in [0.3, 0.4) is 0 Å². The number of nitrogens with zero attached hydrogens (tertiary/aromatic N) is 1. The van der Waals surface area contributed by atoms with E-state index in [0.29, 0.717) is 21.3 Å². The summed E-state index contributed by atoms with van der Waals surface area (Å²) in [5, 5.41) is 4.56. The van der Waals surface area contributed by atoms with Gasteiger partial charge in [-0.2, -0.15) is 0 Å². The fraction of sp³-hybridized carbons (Fsp3) is 0.0435. The highest BCUT2D eigenvalue weighted by molar-refractivity contribution is 6.36. The molecule has 1 amide bonds. The van der Waals surface area contributed by atoms with Crippen molar-refractivity contribution in [3.05, 3.63) is 94.0 Å². The average Bonchev–Trinajstić information content (AvgIpc) is 2.70. The van der Waals surface area contributed by atoms with Crippen molar-refractivity contribution in [3.8, 4) is 11.3 Å². The van der Waals surface area contributed by atoms with Gasteiger partial charge in [0.2, 0.25) is 0 Å². The van der Waals surface area contributed by atoms with Crippen molar-refractivity contribution >= 4 is 45.7 Å². The Morgan fingerprint density at radius 1 is 0.929 bits per heavy atom. The zero-order valence-electron chi connectivity index (χ0n) is 15.0. The molecule has 3 nitrogen and oxygen atoms in total. The number of hydrogen-bond acceptors (Lipinski definition) is 2. The number of pyridine rings is 1. The third-order valence-electron chi connectivity index (χ3n) is 4.45. The van der Waals surface area contributed by atoms with E-state index in [0.717, 1.165) is 27.7 Å². The average molecular weight is 407 g/mol. The van der Waals surface area contributed by atoms with Crippen LogP contribution in [0.15, 0.2) is 72.8 Å². The Balaban J connectivity index is 1.83. The topological polar surface area (TPSA) is 42.0 Å². The molecule has 0 saturated heterocycles. The second kappa shape index (κ2) is 7.63. The summed E-state index contributed by atoms with van der Waals surface area (Å²) >= 11 is 12.2. The summed E-state index contributed by atoms with van der Waals surface area (Å²) in [6.07, 6.45) is 0. The number of fused-ring (bicyclic) bond motifs is 1. The van der Waals surface area contributed by atoms with Crippen molar-refractivity contribution in [2.45, 2.75) is 6.92 Å². The molecule has 0 aliphatic carbocycles. The standard InChI is InChI=1S/C23H16Cl2N2O/c1-14-5-4-6-15(11-14)21-13-18(17-7-2-3-8-20(17)26-21)23(28)27-22-12-16(24)9-10-19(22)25/h2-13H,1H3,(H,27,28). The molecular formula is C23H16Cl2N2O. The number of carbonyl (C=O) groups is 1. The molecule has 4 aromatic rings. The van der Waals surface area contributed by atoms with Crippen LogP contribution in [0.4, 0.5) is 5.69 Å². The number of carbonyl (C=O) groups excluding carboxylic acids is 1. The molecule has 1 N–H and O–H groups in total. The molecule has 28 heavy (non-hydrogen) atoms. The number of para-hydroxylation sites is 1. The lowest BCUT2D eigenvalue weighted by atomic mass is 10.0. The van der Waals surface area contributed by atoms with Crippen LogP contribution in [0.5, 0.6) is 0 Å². The lowest BCUT2D eigenvalue weighted by Gasteiger charge is -2.12. The molecule has 0 atom stereocenters. The minimum Gasteiger partial charge on any atom is -0.321 e. The molecule has 138 valence electrons. The molecule has 3 aromatic carbocycles. The van der Waals surface area contributed by atoms with Crippen LogP contribution in [0, 0.1) is 6.92 Å². The van der Waals surface area contributed by atoms with Crippen molar-refractivity contribution < 1.29 is 4.79 Å². The van der Waals surface area contributed by atoms with Crippen molar-refractivity contribution in [2.75, 3.05) is 5.32 Å². The maximum atomic E-state index is 13.1. The van der Waals surface area contributed by atoms with Crippen LogP contribution in [-0.4, -0.2) is 10.9 Å². The van der Waals surface area contributed by atoms with Gasteiger partial charge in [-0.3, -0.25) is 4.79 Å². The summed E-state index contributed by atoms with van der Waals surface area (Å²) in [7, 11) is 0. The SMILES string of the molecule is Cc1cccc(-c2cc(C(=O)Nc3cc(Cl)ccc3Cl)c3ccccc3n2)c1. The van der Waals surface area contributed by atoms with E-state index >= 15 is 0 Å². The Morgan fingerprint density at radius 2 is 1.75 bits per heavy atom. The number of amides is 1. The molecule has 5 heteroatoms. The van der Waals surface area contributed by atoms with E-state index in [4.69, 9.17) is 28.2 Å². The zero-order valence-corrected chi connectivity index (χ0v) is 16.6. The number of aryl methyl sites for hydroxylation is 1. The maximum Gasteiger partial charge on any atom is 0.256 e. The highest BCUT2D eigenvalue weighted by Crippen LogP contribution is 2.29. The van der Waals surface area contributed by atoms with Crippen molar-refractivity contribution in [3.63, 3.8) is 0 Å². The molecule has 0 aliphatic rings. The number of halogens is 2. The Kier molecular flexibility index (Phi) is 5.03. The van der Waals surface area contributed by atoms with E-state index < -0.39 is 0 Å². The van der Waals surface area contributed by atoms with Crippen LogP contribution in [0.1, 0.15) is 15.9 Å². The lowest BCUT2D eigenvalue weighted by molar-refractivity contribution is 0.102. The van der Waals surface area contributed by atoms with Gasteiger partial charge in [0.25, 0.3) is 5.91 Å². The Morgan fingerprint density at radius 3 is 2.57 bits per heavy atom. The number of anilines is 1. The number of nitrogens with one attached hydrogen (secondary N) is 1. The van der Waals surface area contributed by atoms with Crippen LogP contribution in [0.25, 0.3) is 22.2 Å². The highest BCUT2D eigenvalue weighted by Gasteiger charge is 2.15. The van der Waals surface area contributed by atoms with E-state index in [1.54, 1.807) is 18.2 Å². The smallest absolute Gasteiger partial charge is 0.256 e. The van der Waals surface area contributed by atoms with Crippen LogP contribution >= 0.6 is 23.2 Å². The van der Waals surface area contributed by atoms with Crippen molar-refractivity contribution in [1.29, 1.82) is 0 Å². The van der Waals surface area contributed by atoms with Gasteiger partial charge >= 0.3 is 0 Å². The molecule has 0 aliphatic heterocycles. The largest absolute Gasteiger partial charge is 0.321 e. The van der Waals surface area contributed by atoms with E-state index in [9.17, 15) is 4.79 Å². The van der Waals surface area contributed by atoms with Crippen molar-refractivity contribution in [2.24, 2.45) is 0 Å². The predicted octanol–water partition coefficient (Wildman–Crippen LogP) is 6.77. The first-order valence-corrected chi connectivity index (χ1v) is 9.50. The molecule has 1 heterocycles. The number of rotatable bonds is 3. The summed E-state index contributed by atoms with van der Waals surface area (Å²) in [5.74, 6) is -0.267. The van der Waals surface area contributed by atoms with Gasteiger partial charge in [-0.15, -0.1) is 0 Å². The molecule has 0 bridgehead atoms. The van der Waals surface area contributed by atoms with E-state index in [2.05, 4.69) is 5.32 Å². The Hall–Kier alpha value is -2.88. The fourth-order valence-corrected chi connectivity index (χ4v) is 3.44. The summed E-state index contributed by atoms with van der Waals surface area (Å²) in [6, 6.07) is 22.4. The first-order chi connectivity index (χ1) is 13.5. The van der Waals surface area contributed by atoms with E-state index in [1.807, 2.05) is 61.5 Å². The Labute approximate surface area is 172 Å². The number of aromatic nitrogens is 1. The Bertz CT molecular complexity index is 1200. The van der Waals surface area contributed by atoms with Gasteiger partial charge in [0, 0.05) is 16.0 Å². The van der Waals surface area contributed by atoms with Gasteiger partial charge < -0.3 is 5.32 Å². The van der Waals surface area contributed by atoms with Gasteiger partial charge in [0.05, 0.1) is 27.5 Å². The second-order valence-electron chi connectivity index (χ2n) is 6.52. The van der Waals surface area contributed by atoms with Gasteiger partial charge in [-0.1, -0.05) is 65.2 Å². The maximum absolute atomic E-state index is 13.1. The van der Waals surface area contributed by atoms with E-state index in [1.165, 1.54) is 0 Å². The monoisotopic (exact) mass is 406 g/mol. The molecular weight excluding hydrogens is 391 g/mol. The minimum absolute atomic E-state index is 0.267. The molecule has 0 radical (unpaired) electrons. The lowest BCUT2D eigenvalue weighted by Crippen LogP contribution is -2.13. The third kappa shape index (κ3) is 3.72. The molecule has 4 rings (SSSR count). The molecule has 1 aromatic heterocycles. The van der Waals surface area contributed by atoms with Crippen LogP contribution < -0.4 is 5.32 Å². The summed E-state index contributed by atoms with van der Waals surface area (Å²) in [4.78, 5) is 17.8. The quantitative estimate of drug-likeness (QED) is 0.407. The summed E-state index contributed by atoms with van der Waals surface area (Å²) in [5.41, 5.74) is 4.58. The third-order valence-corrected chi connectivity index (χ3v) is 5.02. The highest BCUT2D eigenvalue weighted by atomic mass is 35.5. The number of benzene rings is 3. The normalized spacial score (nSPS) is 10.8. The van der Waals surface area contributed by atoms with E-state index in [-0.39, 0.29) is 5.91 Å². The van der Waals surface area contributed by atoms with Gasteiger partial charge in [0.15, 0.2) is 0 Å². The zero-order chi connectivity index (χ0) is 19.7. The first kappa shape index (κ1) is 18.5. The summed E-state index contributed by atoms with van der Waals surface area (Å²) < 4.78 is 0. The number of hydrogen-bond donors (Lipinski definition) is 1. The van der Waals surface area contributed by atoms with Crippen LogP contribution in [0.2, 0.25) is 10.0 Å². The summed E-state index contributed by atoms with van der Waals surface area (Å²) in [6.45, 7) is 2.03. The second-order valence-corrected chi connectivity index (χ2v) is 7.36. The van der Waals surface area contributed by atoms with Gasteiger partial charge in [0.1, 0.15) is 0 Å². The van der Waals surface area contributed by atoms with Gasteiger partial charge in [-0.05, 0) is 43.3 Å². The minimum atomic E-state index is -0.267. The molecule has 0 spiro atoms. The predicted molar refractivity (Wildman–Crippen MR) is 116 cm³/mol. The molecule has 0 saturated carbocycles.